The number of benzene rings is 1. The minimum absolute atomic E-state index is 0.180. The predicted molar refractivity (Wildman–Crippen MR) is 60.8 cm³/mol. The molecule has 1 unspecified atom stereocenters. The first kappa shape index (κ1) is 11.9. The Morgan fingerprint density at radius 2 is 2.24 bits per heavy atom. The fraction of sp³-hybridized carbons (Fsp3) is 0.417. The van der Waals surface area contributed by atoms with Crippen LogP contribution in [-0.4, -0.2) is 29.7 Å². The van der Waals surface area contributed by atoms with E-state index in [4.69, 9.17) is 10.5 Å². The van der Waals surface area contributed by atoms with Gasteiger partial charge in [-0.25, -0.2) is 9.18 Å². The molecule has 0 aromatic heterocycles. The summed E-state index contributed by atoms with van der Waals surface area (Å²) in [6, 6.07) is 6.37. The van der Waals surface area contributed by atoms with E-state index in [0.717, 1.165) is 0 Å². The summed E-state index contributed by atoms with van der Waals surface area (Å²) in [6.45, 7) is 2.54. The lowest BCUT2D eigenvalue weighted by Gasteiger charge is -2.30. The Morgan fingerprint density at radius 3 is 2.88 bits per heavy atom. The third kappa shape index (κ3) is 2.10. The van der Waals surface area contributed by atoms with Gasteiger partial charge in [-0.1, -0.05) is 18.2 Å². The fourth-order valence-electron chi connectivity index (χ4n) is 1.81. The van der Waals surface area contributed by atoms with E-state index in [1.807, 2.05) is 6.92 Å². The van der Waals surface area contributed by atoms with Crippen molar-refractivity contribution >= 4 is 6.09 Å². The van der Waals surface area contributed by atoms with Crippen molar-refractivity contribution in [2.45, 2.75) is 19.0 Å². The number of halogens is 1. The van der Waals surface area contributed by atoms with Crippen molar-refractivity contribution in [3.8, 4) is 0 Å². The van der Waals surface area contributed by atoms with E-state index in [1.165, 1.54) is 11.0 Å². The molecule has 1 aliphatic heterocycles. The molecule has 5 heteroatoms. The van der Waals surface area contributed by atoms with Crippen molar-refractivity contribution in [3.05, 3.63) is 35.6 Å². The van der Waals surface area contributed by atoms with Crippen LogP contribution in [0.25, 0.3) is 0 Å². The molecular weight excluding hydrogens is 223 g/mol. The van der Waals surface area contributed by atoms with Gasteiger partial charge in [0, 0.05) is 12.1 Å². The van der Waals surface area contributed by atoms with Crippen LogP contribution in [0.4, 0.5) is 9.18 Å². The van der Waals surface area contributed by atoms with E-state index < -0.39 is 11.6 Å². The highest BCUT2D eigenvalue weighted by molar-refractivity contribution is 5.71. The SMILES string of the molecule is CC1(CN)COC(=O)N1Cc1ccccc1F. The average molecular weight is 238 g/mol. The second-order valence-corrected chi connectivity index (χ2v) is 4.43. The largest absolute Gasteiger partial charge is 0.447 e. The van der Waals surface area contributed by atoms with Gasteiger partial charge in [0.2, 0.25) is 0 Å². The Kier molecular flexibility index (Phi) is 3.02. The fourth-order valence-corrected chi connectivity index (χ4v) is 1.81. The lowest BCUT2D eigenvalue weighted by molar-refractivity contribution is 0.150. The Morgan fingerprint density at radius 1 is 1.53 bits per heavy atom. The maximum atomic E-state index is 13.5. The summed E-state index contributed by atoms with van der Waals surface area (Å²) < 4.78 is 18.5. The highest BCUT2D eigenvalue weighted by Crippen LogP contribution is 2.25. The molecule has 1 aliphatic rings. The highest BCUT2D eigenvalue weighted by atomic mass is 19.1. The molecule has 1 aromatic rings. The third-order valence-electron chi connectivity index (χ3n) is 3.10. The second kappa shape index (κ2) is 4.33. The van der Waals surface area contributed by atoms with Gasteiger partial charge in [-0.3, -0.25) is 4.90 Å². The summed E-state index contributed by atoms with van der Waals surface area (Å²) in [4.78, 5) is 13.1. The number of ether oxygens (including phenoxy) is 1. The quantitative estimate of drug-likeness (QED) is 0.868. The van der Waals surface area contributed by atoms with Crippen LogP contribution in [0.5, 0.6) is 0 Å². The van der Waals surface area contributed by atoms with E-state index in [1.54, 1.807) is 18.2 Å². The molecular formula is C12H15FN2O2. The summed E-state index contributed by atoms with van der Waals surface area (Å²) in [7, 11) is 0. The number of hydrogen-bond donors (Lipinski definition) is 1. The Labute approximate surface area is 99.2 Å². The summed E-state index contributed by atoms with van der Waals surface area (Å²) in [5, 5.41) is 0. The van der Waals surface area contributed by atoms with E-state index >= 15 is 0 Å². The van der Waals surface area contributed by atoms with Gasteiger partial charge in [-0.15, -0.1) is 0 Å². The number of carbonyl (C=O) groups excluding carboxylic acids is 1. The number of cyclic esters (lactones) is 1. The molecule has 92 valence electrons. The van der Waals surface area contributed by atoms with E-state index in [9.17, 15) is 9.18 Å². The van der Waals surface area contributed by atoms with E-state index in [0.29, 0.717) is 5.56 Å². The molecule has 0 saturated carbocycles. The molecule has 2 rings (SSSR count). The number of nitrogens with two attached hydrogens (primary N) is 1. The first-order valence-electron chi connectivity index (χ1n) is 5.45. The molecule has 17 heavy (non-hydrogen) atoms. The van der Waals surface area contributed by atoms with Crippen LogP contribution in [0, 0.1) is 5.82 Å². The van der Waals surface area contributed by atoms with Crippen molar-refractivity contribution in [2.75, 3.05) is 13.2 Å². The second-order valence-electron chi connectivity index (χ2n) is 4.43. The van der Waals surface area contributed by atoms with Gasteiger partial charge < -0.3 is 10.5 Å². The Bertz CT molecular complexity index is 438. The first-order chi connectivity index (χ1) is 8.07. The maximum absolute atomic E-state index is 13.5. The highest BCUT2D eigenvalue weighted by Gasteiger charge is 2.42. The number of carbonyl (C=O) groups is 1. The van der Waals surface area contributed by atoms with Crippen LogP contribution in [0.3, 0.4) is 0 Å². The zero-order valence-corrected chi connectivity index (χ0v) is 9.65. The summed E-state index contributed by atoms with van der Waals surface area (Å²) in [6.07, 6.45) is -0.443. The molecule has 1 atom stereocenters. The van der Waals surface area contributed by atoms with Crippen LogP contribution >= 0.6 is 0 Å². The van der Waals surface area contributed by atoms with Gasteiger partial charge in [-0.05, 0) is 13.0 Å². The summed E-state index contributed by atoms with van der Waals surface area (Å²) in [5.41, 5.74) is 5.55. The Hall–Kier alpha value is -1.62. The van der Waals surface area contributed by atoms with Gasteiger partial charge >= 0.3 is 6.09 Å². The normalized spacial score (nSPS) is 23.9. The van der Waals surface area contributed by atoms with E-state index in [2.05, 4.69) is 0 Å². The average Bonchev–Trinajstić information content (AvgIpc) is 2.61. The van der Waals surface area contributed by atoms with Crippen LogP contribution < -0.4 is 5.73 Å². The van der Waals surface area contributed by atoms with Crippen LogP contribution in [0.2, 0.25) is 0 Å². The molecule has 0 radical (unpaired) electrons. The molecule has 1 saturated heterocycles. The van der Waals surface area contributed by atoms with Crippen LogP contribution in [0.15, 0.2) is 24.3 Å². The zero-order valence-electron chi connectivity index (χ0n) is 9.65. The molecule has 2 N–H and O–H groups in total. The van der Waals surface area contributed by atoms with E-state index in [-0.39, 0.29) is 25.5 Å². The molecule has 1 fully saturated rings. The molecule has 0 spiro atoms. The third-order valence-corrected chi connectivity index (χ3v) is 3.10. The van der Waals surface area contributed by atoms with Crippen molar-refractivity contribution in [2.24, 2.45) is 5.73 Å². The number of nitrogens with zero attached hydrogens (tertiary/aromatic N) is 1. The number of hydrogen-bond acceptors (Lipinski definition) is 3. The molecule has 1 aromatic carbocycles. The topological polar surface area (TPSA) is 55.6 Å². The Balaban J connectivity index is 2.23. The molecule has 0 aliphatic carbocycles. The summed E-state index contributed by atoms with van der Waals surface area (Å²) in [5.74, 6) is -0.327. The van der Waals surface area contributed by atoms with Gasteiger partial charge in [-0.2, -0.15) is 0 Å². The molecule has 4 nitrogen and oxygen atoms in total. The molecule has 1 amide bonds. The van der Waals surface area contributed by atoms with Gasteiger partial charge in [0.05, 0.1) is 12.1 Å². The lowest BCUT2D eigenvalue weighted by Crippen LogP contribution is -2.49. The zero-order chi connectivity index (χ0) is 12.5. The predicted octanol–water partition coefficient (Wildman–Crippen LogP) is 1.50. The van der Waals surface area contributed by atoms with Crippen molar-refractivity contribution < 1.29 is 13.9 Å². The smallest absolute Gasteiger partial charge is 0.410 e. The minimum atomic E-state index is -0.556. The molecule has 0 bridgehead atoms. The van der Waals surface area contributed by atoms with Gasteiger partial charge in [0.1, 0.15) is 12.4 Å². The van der Waals surface area contributed by atoms with Crippen LogP contribution in [0.1, 0.15) is 12.5 Å². The number of amides is 1. The van der Waals surface area contributed by atoms with Gasteiger partial charge in [0.15, 0.2) is 0 Å². The van der Waals surface area contributed by atoms with Crippen LogP contribution in [-0.2, 0) is 11.3 Å². The standard InChI is InChI=1S/C12H15FN2O2/c1-12(7-14)8-17-11(16)15(12)6-9-4-2-3-5-10(9)13/h2-5H,6-8,14H2,1H3. The first-order valence-corrected chi connectivity index (χ1v) is 5.45. The maximum Gasteiger partial charge on any atom is 0.410 e. The minimum Gasteiger partial charge on any atom is -0.447 e. The molecule has 1 heterocycles. The van der Waals surface area contributed by atoms with Crippen molar-refractivity contribution in [3.63, 3.8) is 0 Å². The van der Waals surface area contributed by atoms with Crippen molar-refractivity contribution in [1.29, 1.82) is 0 Å². The monoisotopic (exact) mass is 238 g/mol. The van der Waals surface area contributed by atoms with Crippen molar-refractivity contribution in [1.82, 2.24) is 4.90 Å². The lowest BCUT2D eigenvalue weighted by atomic mass is 10.0. The summed E-state index contributed by atoms with van der Waals surface area (Å²) >= 11 is 0. The number of rotatable bonds is 3. The van der Waals surface area contributed by atoms with Gasteiger partial charge in [0.25, 0.3) is 0 Å².